The van der Waals surface area contributed by atoms with Gasteiger partial charge in [-0.05, 0) is 48.7 Å². The molecule has 2 amide bonds. The van der Waals surface area contributed by atoms with Crippen molar-refractivity contribution < 1.29 is 14.3 Å². The quantitative estimate of drug-likeness (QED) is 0.912. The van der Waals surface area contributed by atoms with Crippen LogP contribution in [0.2, 0.25) is 0 Å². The highest BCUT2D eigenvalue weighted by molar-refractivity contribution is 5.90. The average molecular weight is 349 g/mol. The SMILES string of the molecule is C[C@H](Oc1ccc(C#N)cc1)C(=O)N1CCc2ccccc2[C@@H]1C(N)=O. The van der Waals surface area contributed by atoms with Gasteiger partial charge in [0.05, 0.1) is 11.6 Å². The topological polar surface area (TPSA) is 96.4 Å². The Morgan fingerprint density at radius 2 is 1.92 bits per heavy atom. The zero-order chi connectivity index (χ0) is 18.7. The van der Waals surface area contributed by atoms with Crippen LogP contribution in [0, 0.1) is 11.3 Å². The van der Waals surface area contributed by atoms with E-state index in [2.05, 4.69) is 0 Å². The third kappa shape index (κ3) is 3.38. The third-order valence-corrected chi connectivity index (χ3v) is 4.48. The van der Waals surface area contributed by atoms with Gasteiger partial charge in [0, 0.05) is 6.54 Å². The van der Waals surface area contributed by atoms with Crippen molar-refractivity contribution in [2.75, 3.05) is 6.54 Å². The van der Waals surface area contributed by atoms with Crippen LogP contribution < -0.4 is 10.5 Å². The molecule has 132 valence electrons. The number of carbonyl (C=O) groups excluding carboxylic acids is 2. The lowest BCUT2D eigenvalue weighted by molar-refractivity contribution is -0.145. The summed E-state index contributed by atoms with van der Waals surface area (Å²) in [6, 6.07) is 15.3. The van der Waals surface area contributed by atoms with E-state index < -0.39 is 18.1 Å². The maximum Gasteiger partial charge on any atom is 0.264 e. The molecule has 2 aromatic rings. The first-order chi connectivity index (χ1) is 12.5. The number of nitrogens with two attached hydrogens (primary N) is 1. The second kappa shape index (κ2) is 7.28. The molecule has 0 aromatic heterocycles. The molecule has 0 fully saturated rings. The number of primary amides is 1. The van der Waals surface area contributed by atoms with E-state index in [0.29, 0.717) is 24.3 Å². The number of nitrogens with zero attached hydrogens (tertiary/aromatic N) is 2. The number of rotatable bonds is 4. The van der Waals surface area contributed by atoms with E-state index in [0.717, 1.165) is 11.1 Å². The van der Waals surface area contributed by atoms with Gasteiger partial charge in [-0.2, -0.15) is 5.26 Å². The first-order valence-electron chi connectivity index (χ1n) is 8.35. The van der Waals surface area contributed by atoms with Crippen molar-refractivity contribution in [3.8, 4) is 11.8 Å². The maximum atomic E-state index is 12.9. The van der Waals surface area contributed by atoms with E-state index in [9.17, 15) is 9.59 Å². The highest BCUT2D eigenvalue weighted by atomic mass is 16.5. The van der Waals surface area contributed by atoms with Gasteiger partial charge in [0.15, 0.2) is 6.10 Å². The van der Waals surface area contributed by atoms with Gasteiger partial charge < -0.3 is 15.4 Å². The number of amides is 2. The fraction of sp³-hybridized carbons (Fsp3) is 0.250. The smallest absolute Gasteiger partial charge is 0.264 e. The van der Waals surface area contributed by atoms with Crippen molar-refractivity contribution in [3.05, 3.63) is 65.2 Å². The normalized spacial score (nSPS) is 16.9. The van der Waals surface area contributed by atoms with Gasteiger partial charge in [-0.3, -0.25) is 9.59 Å². The number of fused-ring (bicyclic) bond motifs is 1. The molecule has 0 unspecified atom stereocenters. The van der Waals surface area contributed by atoms with E-state index in [1.165, 1.54) is 4.90 Å². The molecule has 6 heteroatoms. The number of hydrogen-bond acceptors (Lipinski definition) is 4. The standard InChI is InChI=1S/C20H19N3O3/c1-13(26-16-8-6-14(12-21)7-9-16)20(25)23-11-10-15-4-2-3-5-17(15)18(23)19(22)24/h2-9,13,18H,10-11H2,1H3,(H2,22,24)/t13-,18+/m0/s1. The van der Waals surface area contributed by atoms with Crippen LogP contribution in [0.15, 0.2) is 48.5 Å². The Kier molecular flexibility index (Phi) is 4.90. The largest absolute Gasteiger partial charge is 0.481 e. The fourth-order valence-corrected chi connectivity index (χ4v) is 3.21. The van der Waals surface area contributed by atoms with Gasteiger partial charge in [-0.15, -0.1) is 0 Å². The van der Waals surface area contributed by atoms with Gasteiger partial charge in [-0.25, -0.2) is 0 Å². The first-order valence-corrected chi connectivity index (χ1v) is 8.35. The van der Waals surface area contributed by atoms with Gasteiger partial charge in [0.25, 0.3) is 5.91 Å². The zero-order valence-corrected chi connectivity index (χ0v) is 14.4. The van der Waals surface area contributed by atoms with E-state index in [-0.39, 0.29) is 5.91 Å². The Labute approximate surface area is 151 Å². The van der Waals surface area contributed by atoms with Crippen molar-refractivity contribution in [1.82, 2.24) is 4.90 Å². The van der Waals surface area contributed by atoms with E-state index >= 15 is 0 Å². The molecule has 0 saturated carbocycles. The minimum atomic E-state index is -0.792. The lowest BCUT2D eigenvalue weighted by Crippen LogP contribution is -2.49. The summed E-state index contributed by atoms with van der Waals surface area (Å²) < 4.78 is 5.69. The second-order valence-corrected chi connectivity index (χ2v) is 6.18. The lowest BCUT2D eigenvalue weighted by Gasteiger charge is -2.36. The Balaban J connectivity index is 1.79. The Morgan fingerprint density at radius 1 is 1.23 bits per heavy atom. The molecule has 3 rings (SSSR count). The van der Waals surface area contributed by atoms with Crippen LogP contribution in [0.3, 0.4) is 0 Å². The molecule has 2 N–H and O–H groups in total. The van der Waals surface area contributed by atoms with Crippen LogP contribution >= 0.6 is 0 Å². The van der Waals surface area contributed by atoms with Crippen LogP contribution in [0.25, 0.3) is 0 Å². The van der Waals surface area contributed by atoms with Crippen molar-refractivity contribution in [2.24, 2.45) is 5.73 Å². The molecule has 0 saturated heterocycles. The number of benzene rings is 2. The Morgan fingerprint density at radius 3 is 2.58 bits per heavy atom. The molecule has 2 aromatic carbocycles. The van der Waals surface area contributed by atoms with Gasteiger partial charge in [-0.1, -0.05) is 24.3 Å². The summed E-state index contributed by atoms with van der Waals surface area (Å²) in [4.78, 5) is 26.4. The summed E-state index contributed by atoms with van der Waals surface area (Å²) in [6.45, 7) is 2.05. The summed E-state index contributed by atoms with van der Waals surface area (Å²) in [7, 11) is 0. The molecular formula is C20H19N3O3. The third-order valence-electron chi connectivity index (χ3n) is 4.48. The van der Waals surface area contributed by atoms with E-state index in [1.54, 1.807) is 31.2 Å². The highest BCUT2D eigenvalue weighted by Crippen LogP contribution is 2.30. The molecule has 6 nitrogen and oxygen atoms in total. The molecule has 0 radical (unpaired) electrons. The summed E-state index contributed by atoms with van der Waals surface area (Å²) in [5.74, 6) is -0.373. The second-order valence-electron chi connectivity index (χ2n) is 6.18. The van der Waals surface area contributed by atoms with Crippen molar-refractivity contribution >= 4 is 11.8 Å². The number of nitriles is 1. The summed E-state index contributed by atoms with van der Waals surface area (Å²) in [5, 5.41) is 8.83. The van der Waals surface area contributed by atoms with Crippen molar-refractivity contribution in [2.45, 2.75) is 25.5 Å². The summed E-state index contributed by atoms with van der Waals surface area (Å²) >= 11 is 0. The minimum absolute atomic E-state index is 0.298. The van der Waals surface area contributed by atoms with E-state index in [4.69, 9.17) is 15.7 Å². The molecule has 26 heavy (non-hydrogen) atoms. The van der Waals surface area contributed by atoms with Gasteiger partial charge in [0.2, 0.25) is 5.91 Å². The molecule has 1 aliphatic heterocycles. The van der Waals surface area contributed by atoms with Crippen LogP contribution in [-0.2, 0) is 16.0 Å². The van der Waals surface area contributed by atoms with E-state index in [1.807, 2.05) is 30.3 Å². The molecule has 1 heterocycles. The maximum absolute atomic E-state index is 12.9. The zero-order valence-electron chi connectivity index (χ0n) is 14.4. The number of ether oxygens (including phenoxy) is 1. The number of carbonyl (C=O) groups is 2. The molecule has 0 bridgehead atoms. The predicted octanol–water partition coefficient (Wildman–Crippen LogP) is 1.94. The molecular weight excluding hydrogens is 330 g/mol. The number of hydrogen-bond donors (Lipinski definition) is 1. The first kappa shape index (κ1) is 17.5. The van der Waals surface area contributed by atoms with Gasteiger partial charge >= 0.3 is 0 Å². The molecule has 0 aliphatic carbocycles. The lowest BCUT2D eigenvalue weighted by atomic mass is 9.92. The molecule has 0 spiro atoms. The molecule has 2 atom stereocenters. The Hall–Kier alpha value is -3.33. The predicted molar refractivity (Wildman–Crippen MR) is 95.0 cm³/mol. The molecule has 1 aliphatic rings. The minimum Gasteiger partial charge on any atom is -0.481 e. The van der Waals surface area contributed by atoms with Gasteiger partial charge in [0.1, 0.15) is 11.8 Å². The average Bonchev–Trinajstić information content (AvgIpc) is 2.66. The van der Waals surface area contributed by atoms with Crippen molar-refractivity contribution in [3.63, 3.8) is 0 Å². The van der Waals surface area contributed by atoms with Crippen LogP contribution in [0.4, 0.5) is 0 Å². The fourth-order valence-electron chi connectivity index (χ4n) is 3.21. The van der Waals surface area contributed by atoms with Crippen LogP contribution in [0.5, 0.6) is 5.75 Å². The summed E-state index contributed by atoms with van der Waals surface area (Å²) in [5.41, 5.74) is 7.90. The van der Waals surface area contributed by atoms with Crippen molar-refractivity contribution in [1.29, 1.82) is 5.26 Å². The van der Waals surface area contributed by atoms with Crippen LogP contribution in [0.1, 0.15) is 29.7 Å². The highest BCUT2D eigenvalue weighted by Gasteiger charge is 2.36. The Bertz CT molecular complexity index is 871. The van der Waals surface area contributed by atoms with Crippen LogP contribution in [-0.4, -0.2) is 29.4 Å². The monoisotopic (exact) mass is 349 g/mol. The summed E-state index contributed by atoms with van der Waals surface area (Å²) in [6.07, 6.45) is -0.120.